The molecule has 3 nitrogen and oxygen atoms in total. The smallest absolute Gasteiger partial charge is 0.0718 e. The summed E-state index contributed by atoms with van der Waals surface area (Å²) in [4.78, 5) is 4.31. The highest BCUT2D eigenvalue weighted by Gasteiger charge is 2.20. The van der Waals surface area contributed by atoms with E-state index in [1.165, 1.54) is 0 Å². The van der Waals surface area contributed by atoms with Gasteiger partial charge in [0.1, 0.15) is 0 Å². The summed E-state index contributed by atoms with van der Waals surface area (Å²) in [7, 11) is 0. The van der Waals surface area contributed by atoms with Gasteiger partial charge in [0.05, 0.1) is 18.7 Å². The number of nitrogens with two attached hydrogens (primary N) is 1. The first-order valence-corrected chi connectivity index (χ1v) is 6.87. The number of pyridine rings is 1. The fourth-order valence-electron chi connectivity index (χ4n) is 2.04. The molecule has 0 fully saturated rings. The Morgan fingerprint density at radius 2 is 2.00 bits per heavy atom. The number of aromatic nitrogens is 1. The van der Waals surface area contributed by atoms with Crippen molar-refractivity contribution in [1.82, 2.24) is 4.98 Å². The highest BCUT2D eigenvalue weighted by atomic mass is 16.5. The third-order valence-electron chi connectivity index (χ3n) is 3.73. The molecule has 1 aromatic carbocycles. The lowest BCUT2D eigenvalue weighted by Gasteiger charge is -2.26. The Kier molecular flexibility index (Phi) is 4.51. The summed E-state index contributed by atoms with van der Waals surface area (Å²) in [6, 6.07) is 10.2. The fourth-order valence-corrected chi connectivity index (χ4v) is 2.04. The van der Waals surface area contributed by atoms with Gasteiger partial charge in [-0.1, -0.05) is 26.0 Å². The summed E-state index contributed by atoms with van der Waals surface area (Å²) in [6.45, 7) is 5.41. The Hall–Kier alpha value is -1.45. The van der Waals surface area contributed by atoms with Crippen molar-refractivity contribution in [2.45, 2.75) is 38.8 Å². The van der Waals surface area contributed by atoms with Crippen LogP contribution in [-0.2, 0) is 11.3 Å². The van der Waals surface area contributed by atoms with Gasteiger partial charge in [0.25, 0.3) is 0 Å². The maximum absolute atomic E-state index is 6.22. The maximum atomic E-state index is 6.22. The van der Waals surface area contributed by atoms with Crippen LogP contribution >= 0.6 is 0 Å². The Morgan fingerprint density at radius 3 is 2.74 bits per heavy atom. The van der Waals surface area contributed by atoms with Gasteiger partial charge < -0.3 is 10.5 Å². The van der Waals surface area contributed by atoms with E-state index < -0.39 is 0 Å². The molecule has 2 aromatic rings. The molecule has 2 rings (SSSR count). The van der Waals surface area contributed by atoms with Gasteiger partial charge in [0.2, 0.25) is 0 Å². The van der Waals surface area contributed by atoms with Gasteiger partial charge in [-0.3, -0.25) is 4.98 Å². The van der Waals surface area contributed by atoms with Crippen molar-refractivity contribution in [3.63, 3.8) is 0 Å². The van der Waals surface area contributed by atoms with Crippen LogP contribution < -0.4 is 5.73 Å². The van der Waals surface area contributed by atoms with E-state index >= 15 is 0 Å². The van der Waals surface area contributed by atoms with Gasteiger partial charge >= 0.3 is 0 Å². The lowest BCUT2D eigenvalue weighted by molar-refractivity contribution is 0.0697. The first-order valence-electron chi connectivity index (χ1n) is 6.87. The van der Waals surface area contributed by atoms with E-state index in [0.29, 0.717) is 13.2 Å². The average molecular weight is 258 g/mol. The van der Waals surface area contributed by atoms with E-state index in [1.54, 1.807) is 0 Å². The second kappa shape index (κ2) is 6.13. The van der Waals surface area contributed by atoms with Crippen molar-refractivity contribution in [2.24, 2.45) is 5.73 Å². The molecule has 0 radical (unpaired) electrons. The molecule has 102 valence electrons. The van der Waals surface area contributed by atoms with E-state index in [-0.39, 0.29) is 5.54 Å². The molecule has 2 N–H and O–H groups in total. The lowest BCUT2D eigenvalue weighted by atomic mass is 9.96. The van der Waals surface area contributed by atoms with Crippen LogP contribution in [0.3, 0.4) is 0 Å². The Morgan fingerprint density at radius 1 is 1.21 bits per heavy atom. The SMILES string of the molecule is CCC(N)(CC)COCc1ccc2ncccc2c1. The van der Waals surface area contributed by atoms with Crippen molar-refractivity contribution in [2.75, 3.05) is 6.61 Å². The second-order valence-corrected chi connectivity index (χ2v) is 5.09. The Balaban J connectivity index is 1.98. The van der Waals surface area contributed by atoms with E-state index in [4.69, 9.17) is 10.5 Å². The van der Waals surface area contributed by atoms with E-state index in [2.05, 4.69) is 37.0 Å². The van der Waals surface area contributed by atoms with E-state index in [0.717, 1.165) is 29.3 Å². The zero-order chi connectivity index (χ0) is 13.7. The number of rotatable bonds is 6. The second-order valence-electron chi connectivity index (χ2n) is 5.09. The average Bonchev–Trinajstić information content (AvgIpc) is 2.47. The minimum atomic E-state index is -0.196. The molecule has 0 bridgehead atoms. The molecule has 1 aromatic heterocycles. The molecule has 0 aliphatic carbocycles. The number of nitrogens with zero attached hydrogens (tertiary/aromatic N) is 1. The Labute approximate surface area is 114 Å². The standard InChI is InChI=1S/C16H22N2O/c1-3-16(17,4-2)12-19-11-13-7-8-15-14(10-13)6-5-9-18-15/h5-10H,3-4,11-12,17H2,1-2H3. The largest absolute Gasteiger partial charge is 0.375 e. The van der Waals surface area contributed by atoms with Crippen LogP contribution in [0.15, 0.2) is 36.5 Å². The molecule has 0 unspecified atom stereocenters. The van der Waals surface area contributed by atoms with Crippen LogP contribution in [0.25, 0.3) is 10.9 Å². The van der Waals surface area contributed by atoms with Gasteiger partial charge in [-0.05, 0) is 36.6 Å². The summed E-state index contributed by atoms with van der Waals surface area (Å²) in [5, 5.41) is 1.15. The monoisotopic (exact) mass is 258 g/mol. The molecule has 0 aliphatic heterocycles. The molecule has 0 saturated carbocycles. The summed E-state index contributed by atoms with van der Waals surface area (Å²) in [6.07, 6.45) is 3.68. The van der Waals surface area contributed by atoms with Crippen molar-refractivity contribution in [1.29, 1.82) is 0 Å². The van der Waals surface area contributed by atoms with Crippen molar-refractivity contribution < 1.29 is 4.74 Å². The van der Waals surface area contributed by atoms with Crippen LogP contribution in [0.2, 0.25) is 0 Å². The first kappa shape index (κ1) is 14.0. The van der Waals surface area contributed by atoms with E-state index in [1.807, 2.05) is 18.3 Å². The molecular weight excluding hydrogens is 236 g/mol. The summed E-state index contributed by atoms with van der Waals surface area (Å²) in [5.74, 6) is 0. The van der Waals surface area contributed by atoms with Gasteiger partial charge in [0, 0.05) is 17.1 Å². The fraction of sp³-hybridized carbons (Fsp3) is 0.438. The number of fused-ring (bicyclic) bond motifs is 1. The first-order chi connectivity index (χ1) is 9.17. The van der Waals surface area contributed by atoms with Crippen LogP contribution in [0.1, 0.15) is 32.3 Å². The molecule has 0 spiro atoms. The quantitative estimate of drug-likeness (QED) is 0.865. The predicted molar refractivity (Wildman–Crippen MR) is 78.9 cm³/mol. The third-order valence-corrected chi connectivity index (χ3v) is 3.73. The van der Waals surface area contributed by atoms with Crippen LogP contribution in [0.4, 0.5) is 0 Å². The molecule has 0 aliphatic rings. The molecule has 19 heavy (non-hydrogen) atoms. The molecule has 1 heterocycles. The lowest BCUT2D eigenvalue weighted by Crippen LogP contribution is -2.43. The summed E-state index contributed by atoms with van der Waals surface area (Å²) < 4.78 is 5.77. The summed E-state index contributed by atoms with van der Waals surface area (Å²) in [5.41, 5.74) is 8.20. The number of hydrogen-bond donors (Lipinski definition) is 1. The molecule has 0 amide bonds. The van der Waals surface area contributed by atoms with Crippen LogP contribution in [0, 0.1) is 0 Å². The molecular formula is C16H22N2O. The predicted octanol–water partition coefficient (Wildman–Crippen LogP) is 3.27. The minimum absolute atomic E-state index is 0.196. The number of hydrogen-bond acceptors (Lipinski definition) is 3. The van der Waals surface area contributed by atoms with Gasteiger partial charge in [-0.25, -0.2) is 0 Å². The van der Waals surface area contributed by atoms with Crippen molar-refractivity contribution in [3.8, 4) is 0 Å². The van der Waals surface area contributed by atoms with Gasteiger partial charge in [-0.15, -0.1) is 0 Å². The normalized spacial score (nSPS) is 11.9. The highest BCUT2D eigenvalue weighted by molar-refractivity contribution is 5.78. The maximum Gasteiger partial charge on any atom is 0.0718 e. The minimum Gasteiger partial charge on any atom is -0.375 e. The van der Waals surface area contributed by atoms with Crippen LogP contribution in [0.5, 0.6) is 0 Å². The van der Waals surface area contributed by atoms with Gasteiger partial charge in [-0.2, -0.15) is 0 Å². The highest BCUT2D eigenvalue weighted by Crippen LogP contribution is 2.16. The van der Waals surface area contributed by atoms with Crippen molar-refractivity contribution in [3.05, 3.63) is 42.1 Å². The van der Waals surface area contributed by atoms with Crippen molar-refractivity contribution >= 4 is 10.9 Å². The zero-order valence-corrected chi connectivity index (χ0v) is 11.7. The topological polar surface area (TPSA) is 48.1 Å². The molecule has 3 heteroatoms. The molecule has 0 saturated heterocycles. The summed E-state index contributed by atoms with van der Waals surface area (Å²) >= 11 is 0. The van der Waals surface area contributed by atoms with Gasteiger partial charge in [0.15, 0.2) is 0 Å². The number of benzene rings is 1. The number of ether oxygens (including phenoxy) is 1. The van der Waals surface area contributed by atoms with E-state index in [9.17, 15) is 0 Å². The zero-order valence-electron chi connectivity index (χ0n) is 11.7. The van der Waals surface area contributed by atoms with Crippen LogP contribution in [-0.4, -0.2) is 17.1 Å². The third kappa shape index (κ3) is 3.52. The Bertz CT molecular complexity index is 535. The molecule has 0 atom stereocenters.